The van der Waals surface area contributed by atoms with Crippen molar-refractivity contribution < 1.29 is 4.79 Å². The molecule has 0 bridgehead atoms. The van der Waals surface area contributed by atoms with Crippen molar-refractivity contribution in [3.63, 3.8) is 0 Å². The smallest absolute Gasteiger partial charge is 0.230 e. The number of aromatic nitrogens is 2. The number of hydrogen-bond acceptors (Lipinski definition) is 3. The van der Waals surface area contributed by atoms with E-state index in [4.69, 9.17) is 0 Å². The standard InChI is InChI=1S/C18H21N3OS/c1-18(2,3)15-11-23-17(19-15)20-16(22)9-12-10-21(4)14-8-6-5-7-13(12)14/h5-8,10-11H,9H2,1-4H3,(H,19,20,22). The number of nitrogens with one attached hydrogen (secondary N) is 1. The van der Waals surface area contributed by atoms with Crippen LogP contribution in [0.4, 0.5) is 5.13 Å². The first-order valence-electron chi connectivity index (χ1n) is 7.63. The van der Waals surface area contributed by atoms with E-state index in [1.807, 2.05) is 30.8 Å². The number of amides is 1. The summed E-state index contributed by atoms with van der Waals surface area (Å²) in [6, 6.07) is 8.13. The molecule has 0 spiro atoms. The van der Waals surface area contributed by atoms with Crippen molar-refractivity contribution in [3.05, 3.63) is 47.1 Å². The van der Waals surface area contributed by atoms with Gasteiger partial charge in [-0.25, -0.2) is 4.98 Å². The summed E-state index contributed by atoms with van der Waals surface area (Å²) in [5.74, 6) is -0.0313. The van der Waals surface area contributed by atoms with Crippen LogP contribution < -0.4 is 5.32 Å². The van der Waals surface area contributed by atoms with Crippen molar-refractivity contribution in [1.82, 2.24) is 9.55 Å². The van der Waals surface area contributed by atoms with Crippen LogP contribution in [-0.4, -0.2) is 15.5 Å². The number of fused-ring (bicyclic) bond motifs is 1. The summed E-state index contributed by atoms with van der Waals surface area (Å²) >= 11 is 1.48. The highest BCUT2D eigenvalue weighted by molar-refractivity contribution is 7.13. The number of carbonyl (C=O) groups excluding carboxylic acids is 1. The van der Waals surface area contributed by atoms with Gasteiger partial charge in [0.1, 0.15) is 0 Å². The number of rotatable bonds is 3. The molecule has 0 unspecified atom stereocenters. The van der Waals surface area contributed by atoms with Crippen LogP contribution in [0, 0.1) is 0 Å². The summed E-state index contributed by atoms with van der Waals surface area (Å²) in [5.41, 5.74) is 3.17. The van der Waals surface area contributed by atoms with Crippen molar-refractivity contribution in [2.45, 2.75) is 32.6 Å². The zero-order valence-corrected chi connectivity index (χ0v) is 14.7. The molecule has 4 nitrogen and oxygen atoms in total. The molecule has 0 aliphatic carbocycles. The summed E-state index contributed by atoms with van der Waals surface area (Å²) in [6.45, 7) is 6.34. The first-order chi connectivity index (χ1) is 10.8. The van der Waals surface area contributed by atoms with Gasteiger partial charge in [-0.2, -0.15) is 0 Å². The van der Waals surface area contributed by atoms with Gasteiger partial charge in [-0.1, -0.05) is 39.0 Å². The molecule has 0 radical (unpaired) electrons. The molecule has 120 valence electrons. The first-order valence-corrected chi connectivity index (χ1v) is 8.51. The highest BCUT2D eigenvalue weighted by Crippen LogP contribution is 2.27. The summed E-state index contributed by atoms with van der Waals surface area (Å²) in [5, 5.41) is 6.72. The number of anilines is 1. The number of para-hydroxylation sites is 1. The maximum absolute atomic E-state index is 12.3. The molecule has 0 saturated carbocycles. The molecule has 1 amide bonds. The van der Waals surface area contributed by atoms with Crippen molar-refractivity contribution in [2.75, 3.05) is 5.32 Å². The predicted octanol–water partition coefficient (Wildman–Crippen LogP) is 4.11. The minimum Gasteiger partial charge on any atom is -0.350 e. The molecule has 0 atom stereocenters. The normalized spacial score (nSPS) is 11.8. The lowest BCUT2D eigenvalue weighted by molar-refractivity contribution is -0.115. The second-order valence-corrected chi connectivity index (χ2v) is 7.65. The van der Waals surface area contributed by atoms with E-state index in [1.165, 1.54) is 11.3 Å². The van der Waals surface area contributed by atoms with Gasteiger partial charge in [0.05, 0.1) is 12.1 Å². The molecule has 0 aliphatic heterocycles. The maximum Gasteiger partial charge on any atom is 0.230 e. The van der Waals surface area contributed by atoms with Gasteiger partial charge in [0, 0.05) is 34.9 Å². The van der Waals surface area contributed by atoms with E-state index in [9.17, 15) is 4.79 Å². The van der Waals surface area contributed by atoms with Crippen LogP contribution in [0.25, 0.3) is 10.9 Å². The molecule has 0 saturated heterocycles. The molecule has 0 aliphatic rings. The predicted molar refractivity (Wildman–Crippen MR) is 96.1 cm³/mol. The second kappa shape index (κ2) is 5.81. The van der Waals surface area contributed by atoms with Crippen LogP contribution in [0.2, 0.25) is 0 Å². The number of thiazole rings is 1. The molecule has 1 N–H and O–H groups in total. The Morgan fingerprint density at radius 1 is 1.30 bits per heavy atom. The number of hydrogen-bond donors (Lipinski definition) is 1. The molecule has 3 aromatic rings. The lowest BCUT2D eigenvalue weighted by Crippen LogP contribution is -2.15. The van der Waals surface area contributed by atoms with Crippen molar-refractivity contribution in [1.29, 1.82) is 0 Å². The fourth-order valence-corrected chi connectivity index (χ4v) is 3.53. The third kappa shape index (κ3) is 3.29. The number of nitrogens with zero attached hydrogens (tertiary/aromatic N) is 2. The fourth-order valence-electron chi connectivity index (χ4n) is 2.58. The Kier molecular flexibility index (Phi) is 3.98. The van der Waals surface area contributed by atoms with E-state index < -0.39 is 0 Å². The molecular weight excluding hydrogens is 306 g/mol. The van der Waals surface area contributed by atoms with E-state index in [0.29, 0.717) is 11.6 Å². The third-order valence-corrected chi connectivity index (χ3v) is 4.61. The highest BCUT2D eigenvalue weighted by atomic mass is 32.1. The monoisotopic (exact) mass is 327 g/mol. The van der Waals surface area contributed by atoms with Crippen LogP contribution in [-0.2, 0) is 23.7 Å². The Hall–Kier alpha value is -2.14. The lowest BCUT2D eigenvalue weighted by Gasteiger charge is -2.14. The fraction of sp³-hybridized carbons (Fsp3) is 0.333. The first kappa shape index (κ1) is 15.7. The van der Waals surface area contributed by atoms with Gasteiger partial charge >= 0.3 is 0 Å². The second-order valence-electron chi connectivity index (χ2n) is 6.80. The minimum absolute atomic E-state index is 0.00485. The van der Waals surface area contributed by atoms with E-state index in [1.54, 1.807) is 0 Å². The summed E-state index contributed by atoms with van der Waals surface area (Å²) in [6.07, 6.45) is 2.37. The number of carbonyl (C=O) groups is 1. The molecule has 3 rings (SSSR count). The zero-order valence-electron chi connectivity index (χ0n) is 13.9. The zero-order chi connectivity index (χ0) is 16.6. The van der Waals surface area contributed by atoms with Gasteiger partial charge in [-0.05, 0) is 11.6 Å². The lowest BCUT2D eigenvalue weighted by atomic mass is 9.93. The SMILES string of the molecule is Cn1cc(CC(=O)Nc2nc(C(C)(C)C)cs2)c2ccccc21. The van der Waals surface area contributed by atoms with Crippen LogP contribution >= 0.6 is 11.3 Å². The van der Waals surface area contributed by atoms with Crippen LogP contribution in [0.1, 0.15) is 32.0 Å². The average molecular weight is 327 g/mol. The number of aryl methyl sites for hydroxylation is 1. The Bertz CT molecular complexity index is 855. The van der Waals surface area contributed by atoms with Crippen molar-refractivity contribution in [3.8, 4) is 0 Å². The van der Waals surface area contributed by atoms with Crippen molar-refractivity contribution >= 4 is 33.3 Å². The van der Waals surface area contributed by atoms with Gasteiger partial charge in [0.15, 0.2) is 5.13 Å². The van der Waals surface area contributed by atoms with E-state index in [2.05, 4.69) is 47.8 Å². The molecule has 2 aromatic heterocycles. The average Bonchev–Trinajstić information content (AvgIpc) is 3.05. The quantitative estimate of drug-likeness (QED) is 0.787. The molecule has 5 heteroatoms. The van der Waals surface area contributed by atoms with Gasteiger partial charge in [0.25, 0.3) is 0 Å². The van der Waals surface area contributed by atoms with Crippen LogP contribution in [0.5, 0.6) is 0 Å². The largest absolute Gasteiger partial charge is 0.350 e. The summed E-state index contributed by atoms with van der Waals surface area (Å²) in [4.78, 5) is 16.9. The topological polar surface area (TPSA) is 46.9 Å². The Morgan fingerprint density at radius 3 is 2.74 bits per heavy atom. The van der Waals surface area contributed by atoms with Gasteiger partial charge in [-0.15, -0.1) is 11.3 Å². The van der Waals surface area contributed by atoms with Crippen LogP contribution in [0.15, 0.2) is 35.8 Å². The molecular formula is C18H21N3OS. The molecule has 23 heavy (non-hydrogen) atoms. The maximum atomic E-state index is 12.3. The Labute approximate surface area is 140 Å². The summed E-state index contributed by atoms with van der Waals surface area (Å²) in [7, 11) is 2.00. The van der Waals surface area contributed by atoms with E-state index in [-0.39, 0.29) is 11.3 Å². The van der Waals surface area contributed by atoms with E-state index in [0.717, 1.165) is 22.2 Å². The van der Waals surface area contributed by atoms with Crippen LogP contribution in [0.3, 0.4) is 0 Å². The van der Waals surface area contributed by atoms with Crippen molar-refractivity contribution in [2.24, 2.45) is 7.05 Å². The van der Waals surface area contributed by atoms with E-state index >= 15 is 0 Å². The Balaban J connectivity index is 1.75. The van der Waals surface area contributed by atoms with Gasteiger partial charge in [-0.3, -0.25) is 4.79 Å². The highest BCUT2D eigenvalue weighted by Gasteiger charge is 2.18. The summed E-state index contributed by atoms with van der Waals surface area (Å²) < 4.78 is 2.05. The third-order valence-electron chi connectivity index (χ3n) is 3.85. The number of benzene rings is 1. The molecule has 0 fully saturated rings. The molecule has 1 aromatic carbocycles. The minimum atomic E-state index is -0.0313. The van der Waals surface area contributed by atoms with Gasteiger partial charge < -0.3 is 9.88 Å². The van der Waals surface area contributed by atoms with Gasteiger partial charge in [0.2, 0.25) is 5.91 Å². The Morgan fingerprint density at radius 2 is 2.04 bits per heavy atom. The molecule has 2 heterocycles.